The molecule has 7 rings (SSSR count). The van der Waals surface area contributed by atoms with Crippen molar-refractivity contribution < 1.29 is 27.1 Å². The summed E-state index contributed by atoms with van der Waals surface area (Å²) in [6, 6.07) is 31.5. The fourth-order valence-corrected chi connectivity index (χ4v) is 5.71. The van der Waals surface area contributed by atoms with Crippen molar-refractivity contribution in [1.82, 2.24) is 24.3 Å². The first-order chi connectivity index (χ1) is 20.5. The molecule has 0 saturated heterocycles. The van der Waals surface area contributed by atoms with Gasteiger partial charge in [-0.25, -0.2) is 0 Å². The van der Waals surface area contributed by atoms with Gasteiger partial charge in [0.1, 0.15) is 0 Å². The van der Waals surface area contributed by atoms with Crippen LogP contribution in [0.3, 0.4) is 0 Å². The van der Waals surface area contributed by atoms with Gasteiger partial charge in [-0.1, -0.05) is 75.5 Å². The van der Waals surface area contributed by atoms with Crippen LogP contribution >= 0.6 is 0 Å². The van der Waals surface area contributed by atoms with Crippen LogP contribution in [0, 0.1) is 12.1 Å². The largest absolute Gasteiger partial charge is 3.00 e. The molecule has 0 aliphatic heterocycles. The molecule has 0 bridgehead atoms. The van der Waals surface area contributed by atoms with E-state index in [9.17, 15) is 0 Å². The zero-order valence-electron chi connectivity index (χ0n) is 24.3. The summed E-state index contributed by atoms with van der Waals surface area (Å²) < 4.78 is 10.2. The van der Waals surface area contributed by atoms with Crippen LogP contribution in [0.4, 0.5) is 0 Å². The number of para-hydroxylation sites is 1. The van der Waals surface area contributed by atoms with Gasteiger partial charge in [0.15, 0.2) is 0 Å². The molecule has 0 amide bonds. The number of aromatic nitrogens is 5. The monoisotopic (exact) mass is 745 g/mol. The van der Waals surface area contributed by atoms with Crippen LogP contribution in [0.2, 0.25) is 0 Å². The minimum absolute atomic E-state index is 0. The maximum atomic E-state index is 6.30. The minimum Gasteiger partial charge on any atom is -0.509 e. The molecule has 0 aliphatic rings. The van der Waals surface area contributed by atoms with E-state index < -0.39 is 0 Å². The van der Waals surface area contributed by atoms with E-state index >= 15 is 0 Å². The fourth-order valence-electron chi connectivity index (χ4n) is 5.71. The standard InChI is InChI=1S/C36H30N5O.Au/c1-23(2)29-12-8-13-30(24(3)4)35(29)25-21-39-40(22-25)26-9-7-10-27(19-26)42-28-15-16-32-31-11-5-6-14-33(31)41(34(32)20-28)36-37-17-18-38-36;/h5-18,21-24H,1-4H3;/q-3;+3. The number of hydrogen-bond donors (Lipinski definition) is 0. The molecule has 4 aromatic carbocycles. The maximum absolute atomic E-state index is 6.30. The summed E-state index contributed by atoms with van der Waals surface area (Å²) in [6.07, 6.45) is 7.42. The van der Waals surface area contributed by atoms with E-state index in [-0.39, 0.29) is 22.4 Å². The normalized spacial score (nSPS) is 11.5. The van der Waals surface area contributed by atoms with E-state index in [0.717, 1.165) is 33.1 Å². The Hall–Kier alpha value is -4.36. The van der Waals surface area contributed by atoms with Crippen molar-refractivity contribution in [3.8, 4) is 34.3 Å². The summed E-state index contributed by atoms with van der Waals surface area (Å²) in [5.41, 5.74) is 7.71. The molecule has 7 heteroatoms. The molecule has 0 fully saturated rings. The first-order valence-corrected chi connectivity index (χ1v) is 14.3. The number of imidazole rings is 1. The number of ether oxygens (including phenoxy) is 1. The van der Waals surface area contributed by atoms with Crippen LogP contribution in [0.5, 0.6) is 11.5 Å². The van der Waals surface area contributed by atoms with Crippen molar-refractivity contribution in [2.24, 2.45) is 0 Å². The van der Waals surface area contributed by atoms with Crippen molar-refractivity contribution >= 4 is 21.8 Å². The third-order valence-electron chi connectivity index (χ3n) is 7.67. The summed E-state index contributed by atoms with van der Waals surface area (Å²) in [4.78, 5) is 8.89. The van der Waals surface area contributed by atoms with E-state index in [4.69, 9.17) is 9.84 Å². The predicted molar refractivity (Wildman–Crippen MR) is 167 cm³/mol. The zero-order valence-corrected chi connectivity index (χ0v) is 26.5. The van der Waals surface area contributed by atoms with E-state index in [1.54, 1.807) is 12.4 Å². The van der Waals surface area contributed by atoms with Crippen LogP contribution in [-0.4, -0.2) is 19.3 Å². The quantitative estimate of drug-likeness (QED) is 0.121. The number of nitrogens with zero attached hydrogens (tertiary/aromatic N) is 5. The topological polar surface area (TPSA) is 59.0 Å². The molecule has 3 heterocycles. The molecule has 3 aromatic heterocycles. The molecule has 0 unspecified atom stereocenters. The Morgan fingerprint density at radius 3 is 2.28 bits per heavy atom. The van der Waals surface area contributed by atoms with Crippen LogP contribution in [-0.2, 0) is 22.4 Å². The molecule has 7 aromatic rings. The third-order valence-corrected chi connectivity index (χ3v) is 7.67. The van der Waals surface area contributed by atoms with Crippen LogP contribution in [0.25, 0.3) is 44.6 Å². The molecule has 0 radical (unpaired) electrons. The fraction of sp³-hybridized carbons (Fsp3) is 0.167. The molecule has 0 spiro atoms. The second-order valence-electron chi connectivity index (χ2n) is 11.1. The Bertz CT molecular complexity index is 2010. The number of rotatable bonds is 7. The molecular formula is C36H30AuN5O. The van der Waals surface area contributed by atoms with Gasteiger partial charge in [-0.15, -0.1) is 41.2 Å². The van der Waals surface area contributed by atoms with Gasteiger partial charge in [-0.2, -0.15) is 17.2 Å². The van der Waals surface area contributed by atoms with Crippen LogP contribution in [0.15, 0.2) is 97.6 Å². The second-order valence-corrected chi connectivity index (χ2v) is 11.1. The molecule has 43 heavy (non-hydrogen) atoms. The molecule has 0 N–H and O–H groups in total. The first kappa shape index (κ1) is 28.7. The average Bonchev–Trinajstić information content (AvgIpc) is 3.76. The predicted octanol–water partition coefficient (Wildman–Crippen LogP) is 8.63. The van der Waals surface area contributed by atoms with Gasteiger partial charge in [0.05, 0.1) is 6.20 Å². The number of fused-ring (bicyclic) bond motifs is 3. The summed E-state index contributed by atoms with van der Waals surface area (Å²) in [7, 11) is 0. The van der Waals surface area contributed by atoms with Gasteiger partial charge < -0.3 is 19.3 Å². The van der Waals surface area contributed by atoms with Crippen molar-refractivity contribution in [2.75, 3.05) is 0 Å². The third kappa shape index (κ3) is 5.23. The summed E-state index contributed by atoms with van der Waals surface area (Å²) in [5, 5.41) is 6.90. The smallest absolute Gasteiger partial charge is 0.509 e. The van der Waals surface area contributed by atoms with E-state index in [1.165, 1.54) is 16.7 Å². The molecule has 0 aliphatic carbocycles. The van der Waals surface area contributed by atoms with Gasteiger partial charge in [-0.05, 0) is 52.1 Å². The van der Waals surface area contributed by atoms with Crippen LogP contribution < -0.4 is 9.72 Å². The number of benzene rings is 4. The molecule has 0 saturated carbocycles. The summed E-state index contributed by atoms with van der Waals surface area (Å²) in [6.45, 7) is 8.96. The van der Waals surface area contributed by atoms with Crippen molar-refractivity contribution in [1.29, 1.82) is 0 Å². The van der Waals surface area contributed by atoms with Gasteiger partial charge in [-0.3, -0.25) is 4.68 Å². The number of hydrogen-bond acceptors (Lipinski definition) is 3. The van der Waals surface area contributed by atoms with Crippen molar-refractivity contribution in [3.63, 3.8) is 0 Å². The summed E-state index contributed by atoms with van der Waals surface area (Å²) >= 11 is 0. The van der Waals surface area contributed by atoms with Gasteiger partial charge in [0.25, 0.3) is 0 Å². The van der Waals surface area contributed by atoms with E-state index in [0.29, 0.717) is 29.3 Å². The molecular weight excluding hydrogens is 715 g/mol. The SMILES string of the molecule is CC(C)c1cccc(C(C)C)c1-c1cnn(-c2[c-]c(Oc3[c-]c4c(cc3)c3ccccc3n4-c3ncc[n-]3)ccc2)c1.[Au+3]. The summed E-state index contributed by atoms with van der Waals surface area (Å²) in [5.74, 6) is 2.59. The Morgan fingerprint density at radius 2 is 1.53 bits per heavy atom. The Kier molecular flexibility index (Phi) is 7.84. The van der Waals surface area contributed by atoms with E-state index in [1.807, 2.05) is 51.8 Å². The van der Waals surface area contributed by atoms with Crippen molar-refractivity contribution in [2.45, 2.75) is 39.5 Å². The average molecular weight is 746 g/mol. The Balaban J connectivity index is 0.00000329. The second kappa shape index (κ2) is 11.7. The zero-order chi connectivity index (χ0) is 28.8. The van der Waals surface area contributed by atoms with Gasteiger partial charge >= 0.3 is 22.4 Å². The van der Waals surface area contributed by atoms with Gasteiger partial charge in [0.2, 0.25) is 0 Å². The minimum atomic E-state index is 0. The molecule has 216 valence electrons. The van der Waals surface area contributed by atoms with E-state index in [2.05, 4.69) is 92.4 Å². The van der Waals surface area contributed by atoms with Crippen molar-refractivity contribution in [3.05, 3.63) is 121 Å². The first-order valence-electron chi connectivity index (χ1n) is 14.3. The molecule has 0 atom stereocenters. The van der Waals surface area contributed by atoms with Crippen LogP contribution in [0.1, 0.15) is 50.7 Å². The van der Waals surface area contributed by atoms with Gasteiger partial charge in [0, 0.05) is 29.2 Å². The Morgan fingerprint density at radius 1 is 0.791 bits per heavy atom. The molecule has 6 nitrogen and oxygen atoms in total. The maximum Gasteiger partial charge on any atom is 3.00 e. The Labute approximate surface area is 266 Å².